The fourth-order valence-electron chi connectivity index (χ4n) is 6.77. The van der Waals surface area contributed by atoms with Gasteiger partial charge in [-0.25, -0.2) is 9.67 Å². The zero-order valence-electron chi connectivity index (χ0n) is 17.5. The minimum atomic E-state index is -0.365. The van der Waals surface area contributed by atoms with Crippen molar-refractivity contribution < 1.29 is 4.79 Å². The Balaban J connectivity index is 1.21. The predicted molar refractivity (Wildman–Crippen MR) is 124 cm³/mol. The maximum Gasteiger partial charge on any atom is 0.242 e. The Labute approximate surface area is 199 Å². The summed E-state index contributed by atoms with van der Waals surface area (Å²) in [5.74, 6) is 1.21. The van der Waals surface area contributed by atoms with Gasteiger partial charge in [0.15, 0.2) is 0 Å². The van der Waals surface area contributed by atoms with Gasteiger partial charge in [0.1, 0.15) is 6.33 Å². The van der Waals surface area contributed by atoms with E-state index in [1.165, 1.54) is 6.42 Å². The molecule has 2 unspecified atom stereocenters. The first kappa shape index (κ1) is 20.4. The summed E-state index contributed by atoms with van der Waals surface area (Å²) in [6.45, 7) is 0.661. The quantitative estimate of drug-likeness (QED) is 0.526. The summed E-state index contributed by atoms with van der Waals surface area (Å²) in [4.78, 5) is 17.8. The van der Waals surface area contributed by atoms with Gasteiger partial charge in [0, 0.05) is 10.7 Å². The van der Waals surface area contributed by atoms with Crippen molar-refractivity contribution in [3.05, 3.63) is 58.3 Å². The fourth-order valence-corrected chi connectivity index (χ4v) is 7.16. The molecule has 0 aliphatic heterocycles. The molecule has 4 fully saturated rings. The molecular weight excluding hydrogens is 492 g/mol. The Hall–Kier alpha value is -2.19. The summed E-state index contributed by atoms with van der Waals surface area (Å²) in [5, 5.41) is 12.4. The fraction of sp³-hybridized carbons (Fsp3) is 0.478. The number of carbonyl (C=O) groups is 1. The second-order valence-corrected chi connectivity index (χ2v) is 11.2. The molecule has 2 atom stereocenters. The van der Waals surface area contributed by atoms with E-state index < -0.39 is 0 Å². The number of carbonyl (C=O) groups excluding carboxylic acids is 1. The number of hydrogen-bond donors (Lipinski definition) is 1. The van der Waals surface area contributed by atoms with Crippen LogP contribution in [-0.4, -0.2) is 30.5 Å². The molecule has 3 aromatic rings. The molecule has 7 rings (SSSR count). The van der Waals surface area contributed by atoms with E-state index in [0.717, 1.165) is 47.8 Å². The highest BCUT2D eigenvalue weighted by molar-refractivity contribution is 9.10. The van der Waals surface area contributed by atoms with Crippen LogP contribution in [0.15, 0.2) is 47.5 Å². The standard InChI is InChI=1S/C23H24BrClN6O/c24-18-3-1-15(2-4-18)11-30-12-19(10-27-30)28-20(32)22-6-16-5-17(7-22)9-23(8-16,13-22)31-14-26-21(25)29-31/h1-4,10,12,14,16-17H,5-9,11,13H2,(H,28,32). The molecule has 1 amide bonds. The van der Waals surface area contributed by atoms with Gasteiger partial charge in [0.2, 0.25) is 11.2 Å². The molecule has 0 radical (unpaired) electrons. The minimum Gasteiger partial charge on any atom is -0.323 e. The maximum absolute atomic E-state index is 13.6. The van der Waals surface area contributed by atoms with Crippen LogP contribution in [0.3, 0.4) is 0 Å². The van der Waals surface area contributed by atoms with Gasteiger partial charge in [0.25, 0.3) is 0 Å². The van der Waals surface area contributed by atoms with Gasteiger partial charge < -0.3 is 5.32 Å². The van der Waals surface area contributed by atoms with Gasteiger partial charge in [-0.2, -0.15) is 5.10 Å². The minimum absolute atomic E-state index is 0.116. The monoisotopic (exact) mass is 514 g/mol. The van der Waals surface area contributed by atoms with Crippen LogP contribution in [0.25, 0.3) is 0 Å². The van der Waals surface area contributed by atoms with Crippen molar-refractivity contribution in [2.75, 3.05) is 5.32 Å². The van der Waals surface area contributed by atoms with Crippen LogP contribution >= 0.6 is 27.5 Å². The van der Waals surface area contributed by atoms with Crippen LogP contribution in [0, 0.1) is 17.3 Å². The average Bonchev–Trinajstić information content (AvgIpc) is 3.38. The molecule has 1 aromatic carbocycles. The molecule has 32 heavy (non-hydrogen) atoms. The van der Waals surface area contributed by atoms with E-state index in [1.54, 1.807) is 12.5 Å². The lowest BCUT2D eigenvalue weighted by molar-refractivity contribution is -0.150. The molecule has 4 aliphatic carbocycles. The van der Waals surface area contributed by atoms with Crippen molar-refractivity contribution >= 4 is 39.1 Å². The van der Waals surface area contributed by atoms with Crippen LogP contribution in [0.5, 0.6) is 0 Å². The van der Waals surface area contributed by atoms with Crippen molar-refractivity contribution in [3.63, 3.8) is 0 Å². The summed E-state index contributed by atoms with van der Waals surface area (Å²) in [6.07, 6.45) is 11.4. The molecule has 2 aromatic heterocycles. The number of amides is 1. The number of anilines is 1. The molecular formula is C23H24BrClN6O. The molecule has 1 N–H and O–H groups in total. The van der Waals surface area contributed by atoms with Gasteiger partial charge in [0.05, 0.1) is 29.4 Å². The highest BCUT2D eigenvalue weighted by Gasteiger charge is 2.61. The van der Waals surface area contributed by atoms with E-state index in [9.17, 15) is 4.79 Å². The van der Waals surface area contributed by atoms with Gasteiger partial charge in [-0.1, -0.05) is 28.1 Å². The first-order valence-electron chi connectivity index (χ1n) is 11.1. The molecule has 0 spiro atoms. The first-order valence-corrected chi connectivity index (χ1v) is 12.2. The third-order valence-electron chi connectivity index (χ3n) is 7.61. The molecule has 4 saturated carbocycles. The third-order valence-corrected chi connectivity index (χ3v) is 8.31. The molecule has 7 nitrogen and oxygen atoms in total. The van der Waals surface area contributed by atoms with Crippen LogP contribution in [0.1, 0.15) is 44.1 Å². The smallest absolute Gasteiger partial charge is 0.242 e. The summed E-state index contributed by atoms with van der Waals surface area (Å²) in [7, 11) is 0. The number of aromatic nitrogens is 5. The van der Waals surface area contributed by atoms with Crippen molar-refractivity contribution in [2.24, 2.45) is 17.3 Å². The van der Waals surface area contributed by atoms with Gasteiger partial charge >= 0.3 is 0 Å². The number of halogens is 2. The highest BCUT2D eigenvalue weighted by Crippen LogP contribution is 2.64. The highest BCUT2D eigenvalue weighted by atomic mass is 79.9. The van der Waals surface area contributed by atoms with Crippen molar-refractivity contribution in [2.45, 2.75) is 50.6 Å². The molecule has 166 valence electrons. The summed E-state index contributed by atoms with van der Waals surface area (Å²) in [5.41, 5.74) is 1.40. The van der Waals surface area contributed by atoms with Crippen LogP contribution in [0.4, 0.5) is 5.69 Å². The van der Waals surface area contributed by atoms with E-state index in [2.05, 4.69) is 48.6 Å². The number of benzene rings is 1. The second kappa shape index (κ2) is 7.42. The zero-order valence-corrected chi connectivity index (χ0v) is 19.9. The Morgan fingerprint density at radius 1 is 1.19 bits per heavy atom. The number of nitrogens with zero attached hydrogens (tertiary/aromatic N) is 5. The maximum atomic E-state index is 13.6. The van der Waals surface area contributed by atoms with E-state index in [1.807, 2.05) is 27.7 Å². The SMILES string of the molecule is O=C(Nc1cnn(Cc2ccc(Br)cc2)c1)C12CC3CC(C1)CC(n1cnc(Cl)n1)(C3)C2. The van der Waals surface area contributed by atoms with Gasteiger partial charge in [-0.05, 0) is 79.7 Å². The van der Waals surface area contributed by atoms with E-state index in [0.29, 0.717) is 18.4 Å². The average molecular weight is 516 g/mol. The van der Waals surface area contributed by atoms with Crippen LogP contribution in [0.2, 0.25) is 5.28 Å². The molecule has 4 aliphatic rings. The van der Waals surface area contributed by atoms with E-state index in [4.69, 9.17) is 11.6 Å². The Morgan fingerprint density at radius 3 is 2.62 bits per heavy atom. The number of hydrogen-bond acceptors (Lipinski definition) is 4. The lowest BCUT2D eigenvalue weighted by atomic mass is 9.46. The van der Waals surface area contributed by atoms with Crippen LogP contribution < -0.4 is 5.32 Å². The summed E-state index contributed by atoms with van der Waals surface area (Å²) in [6, 6.07) is 8.17. The third kappa shape index (κ3) is 3.48. The Morgan fingerprint density at radius 2 is 1.94 bits per heavy atom. The van der Waals surface area contributed by atoms with Crippen molar-refractivity contribution in [3.8, 4) is 0 Å². The van der Waals surface area contributed by atoms with E-state index >= 15 is 0 Å². The lowest BCUT2D eigenvalue weighted by Gasteiger charge is -2.60. The molecule has 2 heterocycles. The predicted octanol–water partition coefficient (Wildman–Crippen LogP) is 4.87. The normalized spacial score (nSPS) is 30.6. The molecule has 0 saturated heterocycles. The topological polar surface area (TPSA) is 77.6 Å². The lowest BCUT2D eigenvalue weighted by Crippen LogP contribution is -2.60. The largest absolute Gasteiger partial charge is 0.323 e. The number of rotatable bonds is 5. The van der Waals surface area contributed by atoms with Gasteiger partial charge in [-0.15, -0.1) is 5.10 Å². The van der Waals surface area contributed by atoms with Crippen molar-refractivity contribution in [1.82, 2.24) is 24.5 Å². The molecule has 9 heteroatoms. The first-order chi connectivity index (χ1) is 15.4. The Kier molecular flexibility index (Phi) is 4.73. The van der Waals surface area contributed by atoms with Crippen molar-refractivity contribution in [1.29, 1.82) is 0 Å². The van der Waals surface area contributed by atoms with Gasteiger partial charge in [-0.3, -0.25) is 9.48 Å². The second-order valence-electron chi connectivity index (χ2n) is 9.93. The zero-order chi connectivity index (χ0) is 21.9. The Bertz CT molecular complexity index is 1160. The van der Waals surface area contributed by atoms with Crippen LogP contribution in [-0.2, 0) is 16.9 Å². The molecule has 4 bridgehead atoms. The summed E-state index contributed by atoms with van der Waals surface area (Å²) < 4.78 is 4.86. The number of nitrogens with one attached hydrogen (secondary N) is 1. The van der Waals surface area contributed by atoms with E-state index in [-0.39, 0.29) is 22.1 Å². The summed E-state index contributed by atoms with van der Waals surface area (Å²) >= 11 is 9.50.